The maximum atomic E-state index is 5.75. The van der Waals surface area contributed by atoms with Crippen LogP contribution in [0.5, 0.6) is 0 Å². The van der Waals surface area contributed by atoms with Gasteiger partial charge in [0.2, 0.25) is 0 Å². The first kappa shape index (κ1) is 16.8. The van der Waals surface area contributed by atoms with Crippen molar-refractivity contribution >= 4 is 30.4 Å². The number of rotatable bonds is 11. The van der Waals surface area contributed by atoms with Gasteiger partial charge in [-0.15, -0.1) is 0 Å². The van der Waals surface area contributed by atoms with Crippen LogP contribution in [0.15, 0.2) is 0 Å². The standard InChI is InChI=1S/C10H24O3S2Si/c1-5-9-14-15-10-16(11-6-2,12-7-3)13-8-4/h5-10H2,1-4H3. The van der Waals surface area contributed by atoms with E-state index in [1.54, 1.807) is 0 Å². The predicted octanol–water partition coefficient (Wildman–Crippen LogP) is 3.37. The molecule has 0 rings (SSSR count). The zero-order valence-corrected chi connectivity index (χ0v) is 13.4. The minimum absolute atomic E-state index is 0.658. The highest BCUT2D eigenvalue weighted by Gasteiger charge is 2.40. The Morgan fingerprint density at radius 3 is 1.69 bits per heavy atom. The minimum Gasteiger partial charge on any atom is -0.373 e. The number of hydrogen-bond donors (Lipinski definition) is 0. The summed E-state index contributed by atoms with van der Waals surface area (Å²) in [5.74, 6) is 1.17. The van der Waals surface area contributed by atoms with E-state index in [1.807, 2.05) is 42.4 Å². The van der Waals surface area contributed by atoms with Crippen LogP contribution in [0, 0.1) is 0 Å². The summed E-state index contributed by atoms with van der Waals surface area (Å²) in [5, 5.41) is 0.840. The van der Waals surface area contributed by atoms with Crippen LogP contribution in [0.3, 0.4) is 0 Å². The lowest BCUT2D eigenvalue weighted by molar-refractivity contribution is 0.0774. The molecule has 0 bridgehead atoms. The molecule has 0 saturated heterocycles. The summed E-state index contributed by atoms with van der Waals surface area (Å²) in [7, 11) is 1.27. The maximum Gasteiger partial charge on any atom is 0.512 e. The van der Waals surface area contributed by atoms with Gasteiger partial charge >= 0.3 is 8.80 Å². The molecule has 0 amide bonds. The quantitative estimate of drug-likeness (QED) is 0.329. The highest BCUT2D eigenvalue weighted by atomic mass is 33.1. The van der Waals surface area contributed by atoms with Gasteiger partial charge in [-0.25, -0.2) is 0 Å². The van der Waals surface area contributed by atoms with Gasteiger partial charge in [0.15, 0.2) is 0 Å². The Labute approximate surface area is 109 Å². The molecule has 0 unspecified atom stereocenters. The van der Waals surface area contributed by atoms with E-state index in [0.29, 0.717) is 19.8 Å². The second-order valence-electron chi connectivity index (χ2n) is 3.07. The second-order valence-corrected chi connectivity index (χ2v) is 8.75. The molecule has 98 valence electrons. The van der Waals surface area contributed by atoms with Crippen molar-refractivity contribution in [2.24, 2.45) is 0 Å². The van der Waals surface area contributed by atoms with Crippen LogP contribution in [-0.4, -0.2) is 39.8 Å². The molecule has 0 saturated carbocycles. The Hall–Kier alpha value is 0.797. The molecule has 0 aliphatic carbocycles. The molecule has 0 radical (unpaired) electrons. The molecule has 0 aromatic carbocycles. The summed E-state index contributed by atoms with van der Waals surface area (Å²) in [6.45, 7) is 10.1. The lowest BCUT2D eigenvalue weighted by Crippen LogP contribution is -2.49. The van der Waals surface area contributed by atoms with Crippen LogP contribution in [0.4, 0.5) is 0 Å². The smallest absolute Gasteiger partial charge is 0.373 e. The van der Waals surface area contributed by atoms with Gasteiger partial charge in [-0.05, 0) is 27.2 Å². The molecule has 6 heteroatoms. The molecule has 16 heavy (non-hydrogen) atoms. The van der Waals surface area contributed by atoms with E-state index in [2.05, 4.69) is 6.92 Å². The summed E-state index contributed by atoms with van der Waals surface area (Å²) < 4.78 is 17.3. The second kappa shape index (κ2) is 10.9. The van der Waals surface area contributed by atoms with Crippen molar-refractivity contribution in [3.8, 4) is 0 Å². The van der Waals surface area contributed by atoms with Crippen molar-refractivity contribution in [2.75, 3.05) is 30.9 Å². The number of hydrogen-bond acceptors (Lipinski definition) is 5. The van der Waals surface area contributed by atoms with Crippen LogP contribution >= 0.6 is 21.6 Å². The lowest BCUT2D eigenvalue weighted by Gasteiger charge is -2.27. The molecule has 0 atom stereocenters. The lowest BCUT2D eigenvalue weighted by atomic mass is 10.6. The molecule has 0 spiro atoms. The van der Waals surface area contributed by atoms with Crippen molar-refractivity contribution in [2.45, 2.75) is 34.1 Å². The van der Waals surface area contributed by atoms with Gasteiger partial charge in [-0.1, -0.05) is 28.5 Å². The van der Waals surface area contributed by atoms with Gasteiger partial charge in [0.25, 0.3) is 0 Å². The van der Waals surface area contributed by atoms with Crippen LogP contribution in [0.1, 0.15) is 34.1 Å². The van der Waals surface area contributed by atoms with Crippen LogP contribution in [0.25, 0.3) is 0 Å². The minimum atomic E-state index is -2.40. The summed E-state index contributed by atoms with van der Waals surface area (Å²) >= 11 is 0. The molecule has 3 nitrogen and oxygen atoms in total. The summed E-state index contributed by atoms with van der Waals surface area (Å²) in [6, 6.07) is 0. The molecular formula is C10H24O3S2Si. The van der Waals surface area contributed by atoms with Crippen molar-refractivity contribution in [1.29, 1.82) is 0 Å². The Morgan fingerprint density at radius 1 is 0.812 bits per heavy atom. The van der Waals surface area contributed by atoms with Crippen molar-refractivity contribution in [3.63, 3.8) is 0 Å². The molecule has 0 aliphatic heterocycles. The third-order valence-electron chi connectivity index (χ3n) is 1.70. The zero-order valence-electron chi connectivity index (χ0n) is 10.8. The Morgan fingerprint density at radius 2 is 1.31 bits per heavy atom. The Kier molecular flexibility index (Phi) is 11.5. The van der Waals surface area contributed by atoms with E-state index in [1.165, 1.54) is 12.2 Å². The Balaban J connectivity index is 4.12. The summed E-state index contributed by atoms with van der Waals surface area (Å²) in [4.78, 5) is 0. The first-order valence-corrected chi connectivity index (χ1v) is 10.3. The highest BCUT2D eigenvalue weighted by Crippen LogP contribution is 2.27. The molecule has 0 fully saturated rings. The molecule has 0 aromatic rings. The van der Waals surface area contributed by atoms with Crippen molar-refractivity contribution in [1.82, 2.24) is 0 Å². The summed E-state index contributed by atoms with van der Waals surface area (Å²) in [5.41, 5.74) is 0. The first-order chi connectivity index (χ1) is 7.74. The highest BCUT2D eigenvalue weighted by molar-refractivity contribution is 8.77. The van der Waals surface area contributed by atoms with Gasteiger partial charge in [0, 0.05) is 25.6 Å². The van der Waals surface area contributed by atoms with E-state index >= 15 is 0 Å². The summed E-state index contributed by atoms with van der Waals surface area (Å²) in [6.07, 6.45) is 1.20. The largest absolute Gasteiger partial charge is 0.512 e. The fraction of sp³-hybridized carbons (Fsp3) is 1.00. The predicted molar refractivity (Wildman–Crippen MR) is 75.8 cm³/mol. The average molecular weight is 285 g/mol. The van der Waals surface area contributed by atoms with E-state index < -0.39 is 8.80 Å². The fourth-order valence-electron chi connectivity index (χ4n) is 1.17. The van der Waals surface area contributed by atoms with Gasteiger partial charge in [-0.3, -0.25) is 0 Å². The zero-order chi connectivity index (χ0) is 12.3. The van der Waals surface area contributed by atoms with E-state index in [9.17, 15) is 0 Å². The fourth-order valence-corrected chi connectivity index (χ4v) is 7.83. The van der Waals surface area contributed by atoms with Crippen molar-refractivity contribution < 1.29 is 13.3 Å². The monoisotopic (exact) mass is 284 g/mol. The average Bonchev–Trinajstić information content (AvgIpc) is 2.26. The third kappa shape index (κ3) is 7.19. The SMILES string of the molecule is CCCSSC[Si](OCC)(OCC)OCC. The van der Waals surface area contributed by atoms with Gasteiger partial charge < -0.3 is 13.3 Å². The van der Waals surface area contributed by atoms with Gasteiger partial charge in [0.1, 0.15) is 0 Å². The first-order valence-electron chi connectivity index (χ1n) is 5.90. The topological polar surface area (TPSA) is 27.7 Å². The van der Waals surface area contributed by atoms with Crippen LogP contribution in [0.2, 0.25) is 0 Å². The molecule has 0 heterocycles. The van der Waals surface area contributed by atoms with E-state index in [-0.39, 0.29) is 0 Å². The Bertz CT molecular complexity index is 144. The van der Waals surface area contributed by atoms with Gasteiger partial charge in [0.05, 0.1) is 5.38 Å². The van der Waals surface area contributed by atoms with Crippen LogP contribution in [-0.2, 0) is 13.3 Å². The van der Waals surface area contributed by atoms with E-state index in [0.717, 1.165) is 5.38 Å². The normalized spacial score (nSPS) is 12.0. The molecule has 0 N–H and O–H groups in total. The molecular weight excluding hydrogens is 260 g/mol. The van der Waals surface area contributed by atoms with Crippen molar-refractivity contribution in [3.05, 3.63) is 0 Å². The third-order valence-corrected chi connectivity index (χ3v) is 8.57. The molecule has 0 aromatic heterocycles. The maximum absolute atomic E-state index is 5.75. The molecule has 0 aliphatic rings. The van der Waals surface area contributed by atoms with Gasteiger partial charge in [-0.2, -0.15) is 0 Å². The van der Waals surface area contributed by atoms with E-state index in [4.69, 9.17) is 13.3 Å². The van der Waals surface area contributed by atoms with Crippen LogP contribution < -0.4 is 0 Å².